The van der Waals surface area contributed by atoms with Crippen LogP contribution < -0.4 is 5.32 Å². The molecule has 0 aliphatic rings. The third-order valence-corrected chi connectivity index (χ3v) is 3.74. The van der Waals surface area contributed by atoms with Gasteiger partial charge < -0.3 is 19.9 Å². The molecule has 8 heteroatoms. The third kappa shape index (κ3) is 3.42. The standard InChI is InChI=1S/C14H11BrClNO5/c1-6-8(13(18)19)5-11(22-6)12(14(20)21)17-10-3-2-7(15)4-9(10)16/h2-5,12,17H,1H3,(H,18,19)(H,20,21). The summed E-state index contributed by atoms with van der Waals surface area (Å²) in [4.78, 5) is 22.5. The fourth-order valence-electron chi connectivity index (χ4n) is 1.88. The Balaban J connectivity index is 2.37. The van der Waals surface area contributed by atoms with E-state index in [4.69, 9.17) is 21.1 Å². The van der Waals surface area contributed by atoms with Gasteiger partial charge in [-0.2, -0.15) is 0 Å². The van der Waals surface area contributed by atoms with E-state index in [0.717, 1.165) is 4.47 Å². The molecule has 0 radical (unpaired) electrons. The number of rotatable bonds is 5. The number of aromatic carboxylic acids is 1. The number of benzene rings is 1. The number of aryl methyl sites for hydroxylation is 1. The van der Waals surface area contributed by atoms with Crippen molar-refractivity contribution in [1.82, 2.24) is 0 Å². The Morgan fingerprint density at radius 1 is 1.32 bits per heavy atom. The molecule has 1 heterocycles. The molecule has 3 N–H and O–H groups in total. The molecule has 1 atom stereocenters. The molecule has 22 heavy (non-hydrogen) atoms. The quantitative estimate of drug-likeness (QED) is 0.717. The Morgan fingerprint density at radius 3 is 2.50 bits per heavy atom. The molecule has 1 unspecified atom stereocenters. The molecule has 0 fully saturated rings. The van der Waals surface area contributed by atoms with Crippen LogP contribution in [0.3, 0.4) is 0 Å². The largest absolute Gasteiger partial charge is 0.479 e. The van der Waals surface area contributed by atoms with Gasteiger partial charge in [0.05, 0.1) is 10.7 Å². The van der Waals surface area contributed by atoms with Crippen molar-refractivity contribution < 1.29 is 24.2 Å². The first kappa shape index (κ1) is 16.4. The van der Waals surface area contributed by atoms with Gasteiger partial charge in [0.2, 0.25) is 0 Å². The molecule has 0 saturated heterocycles. The van der Waals surface area contributed by atoms with E-state index in [9.17, 15) is 14.7 Å². The SMILES string of the molecule is Cc1oc(C(Nc2ccc(Br)cc2Cl)C(=O)O)cc1C(=O)O. The zero-order valence-electron chi connectivity index (χ0n) is 11.3. The highest BCUT2D eigenvalue weighted by molar-refractivity contribution is 9.10. The van der Waals surface area contributed by atoms with Crippen LogP contribution in [0.25, 0.3) is 0 Å². The molecule has 0 bridgehead atoms. The van der Waals surface area contributed by atoms with Gasteiger partial charge in [-0.1, -0.05) is 27.5 Å². The maximum absolute atomic E-state index is 11.5. The van der Waals surface area contributed by atoms with Gasteiger partial charge in [-0.25, -0.2) is 9.59 Å². The Hall–Kier alpha value is -1.99. The number of carboxylic acid groups (broad SMARTS) is 2. The molecular weight excluding hydrogens is 378 g/mol. The highest BCUT2D eigenvalue weighted by Crippen LogP contribution is 2.30. The summed E-state index contributed by atoms with van der Waals surface area (Å²) in [6.07, 6.45) is 0. The van der Waals surface area contributed by atoms with Crippen molar-refractivity contribution in [3.8, 4) is 0 Å². The average molecular weight is 389 g/mol. The number of aliphatic carboxylic acids is 1. The van der Waals surface area contributed by atoms with E-state index in [0.29, 0.717) is 10.7 Å². The second-order valence-corrected chi connectivity index (χ2v) is 5.79. The normalized spacial score (nSPS) is 12.0. The molecule has 2 aromatic rings. The molecular formula is C14H11BrClNO5. The lowest BCUT2D eigenvalue weighted by atomic mass is 10.1. The van der Waals surface area contributed by atoms with Crippen LogP contribution >= 0.6 is 27.5 Å². The van der Waals surface area contributed by atoms with E-state index in [1.165, 1.54) is 13.0 Å². The first-order chi connectivity index (χ1) is 10.3. The Kier molecular flexibility index (Phi) is 4.77. The number of nitrogens with one attached hydrogen (secondary N) is 1. The first-order valence-corrected chi connectivity index (χ1v) is 7.24. The lowest BCUT2D eigenvalue weighted by Crippen LogP contribution is -2.20. The van der Waals surface area contributed by atoms with Gasteiger partial charge in [-0.15, -0.1) is 0 Å². The minimum atomic E-state index is -1.26. The highest BCUT2D eigenvalue weighted by atomic mass is 79.9. The van der Waals surface area contributed by atoms with Crippen LogP contribution in [-0.2, 0) is 4.79 Å². The van der Waals surface area contributed by atoms with Crippen molar-refractivity contribution in [2.45, 2.75) is 13.0 Å². The summed E-state index contributed by atoms with van der Waals surface area (Å²) in [6.45, 7) is 1.46. The molecule has 0 amide bonds. The summed E-state index contributed by atoms with van der Waals surface area (Å²) in [5, 5.41) is 21.4. The number of hydrogen-bond acceptors (Lipinski definition) is 4. The van der Waals surface area contributed by atoms with Crippen LogP contribution in [0, 0.1) is 6.92 Å². The van der Waals surface area contributed by atoms with Crippen molar-refractivity contribution in [2.24, 2.45) is 0 Å². The summed E-state index contributed by atoms with van der Waals surface area (Å²) in [7, 11) is 0. The first-order valence-electron chi connectivity index (χ1n) is 6.07. The minimum Gasteiger partial charge on any atom is -0.479 e. The average Bonchev–Trinajstić information content (AvgIpc) is 2.79. The topological polar surface area (TPSA) is 99.8 Å². The van der Waals surface area contributed by atoms with Crippen molar-refractivity contribution in [1.29, 1.82) is 0 Å². The predicted octanol–water partition coefficient (Wildman–Crippen LogP) is 3.94. The third-order valence-electron chi connectivity index (χ3n) is 2.93. The molecule has 2 rings (SSSR count). The van der Waals surface area contributed by atoms with Crippen LogP contribution in [0.2, 0.25) is 5.02 Å². The Morgan fingerprint density at radius 2 is 2.00 bits per heavy atom. The summed E-state index contributed by atoms with van der Waals surface area (Å²) in [6, 6.07) is 4.85. The number of furan rings is 1. The highest BCUT2D eigenvalue weighted by Gasteiger charge is 2.27. The van der Waals surface area contributed by atoms with E-state index >= 15 is 0 Å². The van der Waals surface area contributed by atoms with Gasteiger partial charge in [-0.05, 0) is 31.2 Å². The predicted molar refractivity (Wildman–Crippen MR) is 83.6 cm³/mol. The smallest absolute Gasteiger partial charge is 0.339 e. The van der Waals surface area contributed by atoms with Crippen LogP contribution in [-0.4, -0.2) is 22.2 Å². The van der Waals surface area contributed by atoms with Crippen LogP contribution in [0.4, 0.5) is 5.69 Å². The van der Waals surface area contributed by atoms with E-state index in [1.54, 1.807) is 18.2 Å². The lowest BCUT2D eigenvalue weighted by molar-refractivity contribution is -0.138. The van der Waals surface area contributed by atoms with Gasteiger partial charge in [0.1, 0.15) is 17.1 Å². The summed E-state index contributed by atoms with van der Waals surface area (Å²) >= 11 is 9.30. The van der Waals surface area contributed by atoms with Crippen molar-refractivity contribution >= 4 is 45.2 Å². The number of carbonyl (C=O) groups is 2. The van der Waals surface area contributed by atoms with Gasteiger partial charge in [0.25, 0.3) is 0 Å². The Bertz CT molecular complexity index is 743. The number of anilines is 1. The van der Waals surface area contributed by atoms with Crippen LogP contribution in [0.5, 0.6) is 0 Å². The van der Waals surface area contributed by atoms with Crippen molar-refractivity contribution in [3.63, 3.8) is 0 Å². The van der Waals surface area contributed by atoms with E-state index in [2.05, 4.69) is 21.2 Å². The van der Waals surface area contributed by atoms with Gasteiger partial charge in [-0.3, -0.25) is 0 Å². The lowest BCUT2D eigenvalue weighted by Gasteiger charge is -2.14. The van der Waals surface area contributed by atoms with Crippen LogP contribution in [0.1, 0.15) is 27.9 Å². The minimum absolute atomic E-state index is 0.0126. The van der Waals surface area contributed by atoms with E-state index in [1.807, 2.05) is 0 Å². The molecule has 6 nitrogen and oxygen atoms in total. The molecule has 0 aliphatic heterocycles. The van der Waals surface area contributed by atoms with Crippen molar-refractivity contribution in [2.75, 3.05) is 5.32 Å². The molecule has 0 aliphatic carbocycles. The summed E-state index contributed by atoms with van der Waals surface area (Å²) in [5.41, 5.74) is 0.313. The number of hydrogen-bond donors (Lipinski definition) is 3. The number of halogens is 2. The maximum Gasteiger partial charge on any atom is 0.339 e. The van der Waals surface area contributed by atoms with Crippen LogP contribution in [0.15, 0.2) is 33.2 Å². The van der Waals surface area contributed by atoms with Gasteiger partial charge in [0, 0.05) is 4.47 Å². The monoisotopic (exact) mass is 387 g/mol. The zero-order valence-corrected chi connectivity index (χ0v) is 13.6. The molecule has 116 valence electrons. The molecule has 1 aromatic heterocycles. The van der Waals surface area contributed by atoms with E-state index < -0.39 is 18.0 Å². The second kappa shape index (κ2) is 6.41. The molecule has 0 saturated carbocycles. The summed E-state index contributed by atoms with van der Waals surface area (Å²) < 4.78 is 6.01. The number of carboxylic acids is 2. The zero-order chi connectivity index (χ0) is 16.4. The second-order valence-electron chi connectivity index (χ2n) is 4.46. The maximum atomic E-state index is 11.5. The fraction of sp³-hybridized carbons (Fsp3) is 0.143. The van der Waals surface area contributed by atoms with Gasteiger partial charge >= 0.3 is 11.9 Å². The van der Waals surface area contributed by atoms with Gasteiger partial charge in [0.15, 0.2) is 6.04 Å². The van der Waals surface area contributed by atoms with Crippen molar-refractivity contribution in [3.05, 3.63) is 50.8 Å². The van der Waals surface area contributed by atoms with E-state index in [-0.39, 0.29) is 17.1 Å². The summed E-state index contributed by atoms with van der Waals surface area (Å²) in [5.74, 6) is -2.28. The Labute approximate surface area is 138 Å². The fourth-order valence-corrected chi connectivity index (χ4v) is 2.60. The molecule has 1 aromatic carbocycles. The molecule has 0 spiro atoms.